The van der Waals surface area contributed by atoms with E-state index in [-0.39, 0.29) is 5.91 Å². The quantitative estimate of drug-likeness (QED) is 0.916. The first kappa shape index (κ1) is 18.3. The molecule has 1 aromatic heterocycles. The lowest BCUT2D eigenvalue weighted by Crippen LogP contribution is -2.46. The molecule has 1 saturated heterocycles. The molecule has 0 radical (unpaired) electrons. The van der Waals surface area contributed by atoms with Crippen LogP contribution in [0.15, 0.2) is 42.5 Å². The molecule has 0 bridgehead atoms. The molecule has 6 nitrogen and oxygen atoms in total. The summed E-state index contributed by atoms with van der Waals surface area (Å²) in [5.74, 6) is 1.29. The van der Waals surface area contributed by atoms with Gasteiger partial charge in [0, 0.05) is 38.1 Å². The third-order valence-corrected chi connectivity index (χ3v) is 4.52. The number of anilines is 2. The summed E-state index contributed by atoms with van der Waals surface area (Å²) in [5, 5.41) is 11.3. The first-order chi connectivity index (χ1) is 12.4. The maximum atomic E-state index is 12.0. The second-order valence-electron chi connectivity index (χ2n) is 7.73. The fourth-order valence-corrected chi connectivity index (χ4v) is 2.84. The maximum Gasteiger partial charge on any atom is 0.230 e. The summed E-state index contributed by atoms with van der Waals surface area (Å²) in [4.78, 5) is 16.7. The second kappa shape index (κ2) is 7.83. The van der Waals surface area contributed by atoms with Crippen molar-refractivity contribution >= 4 is 17.5 Å². The molecule has 1 aliphatic heterocycles. The molecule has 1 aromatic carbocycles. The van der Waals surface area contributed by atoms with Crippen molar-refractivity contribution in [1.29, 1.82) is 0 Å². The van der Waals surface area contributed by atoms with E-state index in [1.54, 1.807) is 0 Å². The lowest BCUT2D eigenvalue weighted by Gasteiger charge is -2.35. The maximum absolute atomic E-state index is 12.0. The van der Waals surface area contributed by atoms with E-state index in [9.17, 15) is 4.79 Å². The Morgan fingerprint density at radius 2 is 1.69 bits per heavy atom. The van der Waals surface area contributed by atoms with Crippen molar-refractivity contribution in [3.05, 3.63) is 48.0 Å². The molecule has 0 atom stereocenters. The highest BCUT2D eigenvalue weighted by atomic mass is 16.2. The molecule has 3 rings (SSSR count). The average Bonchev–Trinajstić information content (AvgIpc) is 2.63. The first-order valence-corrected chi connectivity index (χ1v) is 9.08. The van der Waals surface area contributed by atoms with Crippen LogP contribution in [0.5, 0.6) is 0 Å². The topological polar surface area (TPSA) is 61.4 Å². The Kier molecular flexibility index (Phi) is 5.52. The van der Waals surface area contributed by atoms with E-state index < -0.39 is 5.41 Å². The smallest absolute Gasteiger partial charge is 0.230 e. The van der Waals surface area contributed by atoms with Gasteiger partial charge >= 0.3 is 0 Å². The van der Waals surface area contributed by atoms with Gasteiger partial charge in [-0.05, 0) is 17.7 Å². The van der Waals surface area contributed by atoms with Crippen molar-refractivity contribution in [3.63, 3.8) is 0 Å². The predicted octanol–water partition coefficient (Wildman–Crippen LogP) is 2.78. The number of aromatic nitrogens is 2. The Labute approximate surface area is 155 Å². The van der Waals surface area contributed by atoms with Crippen LogP contribution in [0.1, 0.15) is 26.3 Å². The minimum Gasteiger partial charge on any atom is -0.353 e. The van der Waals surface area contributed by atoms with Crippen LogP contribution in [0.4, 0.5) is 11.6 Å². The number of piperazine rings is 1. The van der Waals surface area contributed by atoms with E-state index in [1.165, 1.54) is 5.56 Å². The zero-order chi connectivity index (χ0) is 18.6. The molecule has 1 fully saturated rings. The lowest BCUT2D eigenvalue weighted by atomic mass is 9.96. The van der Waals surface area contributed by atoms with Gasteiger partial charge in [0.15, 0.2) is 11.6 Å². The zero-order valence-electron chi connectivity index (χ0n) is 15.8. The van der Waals surface area contributed by atoms with Crippen molar-refractivity contribution in [3.8, 4) is 0 Å². The molecule has 26 heavy (non-hydrogen) atoms. The van der Waals surface area contributed by atoms with Gasteiger partial charge in [0.2, 0.25) is 5.91 Å². The summed E-state index contributed by atoms with van der Waals surface area (Å²) < 4.78 is 0. The van der Waals surface area contributed by atoms with Gasteiger partial charge in [-0.15, -0.1) is 10.2 Å². The van der Waals surface area contributed by atoms with Gasteiger partial charge in [0.1, 0.15) is 0 Å². The number of carbonyl (C=O) groups is 1. The van der Waals surface area contributed by atoms with Crippen LogP contribution in [0.25, 0.3) is 0 Å². The molecule has 1 N–H and O–H groups in total. The molecular formula is C20H27N5O. The molecular weight excluding hydrogens is 326 g/mol. The van der Waals surface area contributed by atoms with Crippen LogP contribution in [0.3, 0.4) is 0 Å². The Balaban J connectivity index is 1.52. The minimum absolute atomic E-state index is 0.0610. The van der Waals surface area contributed by atoms with Crippen molar-refractivity contribution in [2.75, 3.05) is 36.4 Å². The van der Waals surface area contributed by atoms with Crippen LogP contribution in [0, 0.1) is 5.41 Å². The van der Waals surface area contributed by atoms with E-state index in [4.69, 9.17) is 0 Å². The first-order valence-electron chi connectivity index (χ1n) is 9.08. The summed E-state index contributed by atoms with van der Waals surface area (Å²) in [7, 11) is 0. The van der Waals surface area contributed by atoms with Gasteiger partial charge in [0.05, 0.1) is 0 Å². The summed E-state index contributed by atoms with van der Waals surface area (Å²) in [6.45, 7) is 10.5. The number of nitrogens with one attached hydrogen (secondary N) is 1. The van der Waals surface area contributed by atoms with E-state index >= 15 is 0 Å². The second-order valence-corrected chi connectivity index (χ2v) is 7.73. The largest absolute Gasteiger partial charge is 0.353 e. The molecule has 1 amide bonds. The van der Waals surface area contributed by atoms with Crippen LogP contribution in [0.2, 0.25) is 0 Å². The van der Waals surface area contributed by atoms with E-state index in [2.05, 4.69) is 49.6 Å². The molecule has 0 aliphatic carbocycles. The highest BCUT2D eigenvalue weighted by molar-refractivity contribution is 5.93. The highest BCUT2D eigenvalue weighted by Crippen LogP contribution is 2.18. The Morgan fingerprint density at radius 1 is 1.00 bits per heavy atom. The van der Waals surface area contributed by atoms with Gasteiger partial charge in [-0.1, -0.05) is 51.1 Å². The molecule has 1 aliphatic rings. The van der Waals surface area contributed by atoms with Gasteiger partial charge < -0.3 is 10.2 Å². The van der Waals surface area contributed by atoms with Crippen molar-refractivity contribution in [1.82, 2.24) is 15.1 Å². The van der Waals surface area contributed by atoms with Gasteiger partial charge in [0.25, 0.3) is 0 Å². The van der Waals surface area contributed by atoms with Crippen molar-refractivity contribution in [2.45, 2.75) is 27.3 Å². The van der Waals surface area contributed by atoms with Crippen LogP contribution in [-0.2, 0) is 11.3 Å². The SMILES string of the molecule is CC(C)(C)C(=O)Nc1ccc(N2CCN(Cc3ccccc3)CC2)nn1. The number of carbonyl (C=O) groups excluding carboxylic acids is 1. The number of benzene rings is 1. The molecule has 2 aromatic rings. The lowest BCUT2D eigenvalue weighted by molar-refractivity contribution is -0.123. The third kappa shape index (κ3) is 4.79. The highest BCUT2D eigenvalue weighted by Gasteiger charge is 2.22. The fourth-order valence-electron chi connectivity index (χ4n) is 2.84. The van der Waals surface area contributed by atoms with Crippen molar-refractivity contribution in [2.24, 2.45) is 5.41 Å². The number of nitrogens with zero attached hydrogens (tertiary/aromatic N) is 4. The van der Waals surface area contributed by atoms with Crippen LogP contribution >= 0.6 is 0 Å². The monoisotopic (exact) mass is 353 g/mol. The molecule has 0 spiro atoms. The summed E-state index contributed by atoms with van der Waals surface area (Å²) in [6, 6.07) is 14.3. The Hall–Kier alpha value is -2.47. The fraction of sp³-hybridized carbons (Fsp3) is 0.450. The third-order valence-electron chi connectivity index (χ3n) is 4.52. The Morgan fingerprint density at radius 3 is 2.27 bits per heavy atom. The molecule has 6 heteroatoms. The number of rotatable bonds is 4. The summed E-state index contributed by atoms with van der Waals surface area (Å²) in [5.41, 5.74) is 0.898. The summed E-state index contributed by atoms with van der Waals surface area (Å²) in [6.07, 6.45) is 0. The zero-order valence-corrected chi connectivity index (χ0v) is 15.8. The molecule has 2 heterocycles. The van der Waals surface area contributed by atoms with E-state index in [0.717, 1.165) is 38.5 Å². The van der Waals surface area contributed by atoms with Crippen molar-refractivity contribution < 1.29 is 4.79 Å². The average molecular weight is 353 g/mol. The van der Waals surface area contributed by atoms with E-state index in [1.807, 2.05) is 39.0 Å². The summed E-state index contributed by atoms with van der Waals surface area (Å²) >= 11 is 0. The number of amides is 1. The predicted molar refractivity (Wildman–Crippen MR) is 104 cm³/mol. The molecule has 0 saturated carbocycles. The number of hydrogen-bond donors (Lipinski definition) is 1. The Bertz CT molecular complexity index is 716. The normalized spacial score (nSPS) is 15.7. The minimum atomic E-state index is -0.449. The van der Waals surface area contributed by atoms with Gasteiger partial charge in [-0.25, -0.2) is 0 Å². The standard InChI is InChI=1S/C20H27N5O/c1-20(2,3)19(26)21-17-9-10-18(23-22-17)25-13-11-24(12-14-25)15-16-7-5-4-6-8-16/h4-10H,11-15H2,1-3H3,(H,21,22,26). The molecule has 0 unspecified atom stereocenters. The number of hydrogen-bond acceptors (Lipinski definition) is 5. The van der Waals surface area contributed by atoms with Gasteiger partial charge in [-0.2, -0.15) is 0 Å². The van der Waals surface area contributed by atoms with E-state index in [0.29, 0.717) is 5.82 Å². The van der Waals surface area contributed by atoms with Crippen LogP contribution < -0.4 is 10.2 Å². The van der Waals surface area contributed by atoms with Crippen LogP contribution in [-0.4, -0.2) is 47.2 Å². The molecule has 138 valence electrons. The van der Waals surface area contributed by atoms with Gasteiger partial charge in [-0.3, -0.25) is 9.69 Å².